The molecule has 0 radical (unpaired) electrons. The highest BCUT2D eigenvalue weighted by atomic mass is 16.6. The second kappa shape index (κ2) is 5.53. The Labute approximate surface area is 130 Å². The third-order valence-electron chi connectivity index (χ3n) is 3.42. The molecule has 0 spiro atoms. The number of nitro benzene ring substituents is 1. The molecule has 0 atom stereocenters. The number of rotatable bonds is 3. The topological polar surface area (TPSA) is 89.5 Å². The van der Waals surface area contributed by atoms with Crippen LogP contribution in [0.15, 0.2) is 51.7 Å². The van der Waals surface area contributed by atoms with E-state index in [1.165, 1.54) is 12.1 Å². The van der Waals surface area contributed by atoms with Gasteiger partial charge in [0, 0.05) is 25.7 Å². The summed E-state index contributed by atoms with van der Waals surface area (Å²) in [6.45, 7) is 0. The largest absolute Gasteiger partial charge is 0.403 e. The molecule has 23 heavy (non-hydrogen) atoms. The van der Waals surface area contributed by atoms with Crippen LogP contribution in [0.1, 0.15) is 0 Å². The van der Waals surface area contributed by atoms with Crippen LogP contribution in [0, 0.1) is 10.1 Å². The minimum absolute atomic E-state index is 0.0852. The number of aromatic nitrogens is 1. The smallest absolute Gasteiger partial charge is 0.347 e. The van der Waals surface area contributed by atoms with E-state index in [-0.39, 0.29) is 17.0 Å². The number of benzene rings is 2. The lowest BCUT2D eigenvalue weighted by atomic mass is 10.1. The third kappa shape index (κ3) is 2.64. The van der Waals surface area contributed by atoms with Gasteiger partial charge in [-0.25, -0.2) is 9.78 Å². The third-order valence-corrected chi connectivity index (χ3v) is 3.42. The number of nitro groups is 1. The summed E-state index contributed by atoms with van der Waals surface area (Å²) in [5.74, 6) is 0.182. The number of nitrogens with zero attached hydrogens (tertiary/aromatic N) is 3. The van der Waals surface area contributed by atoms with Crippen LogP contribution in [-0.4, -0.2) is 24.0 Å². The second-order valence-electron chi connectivity index (χ2n) is 5.18. The van der Waals surface area contributed by atoms with Crippen LogP contribution < -0.4 is 10.5 Å². The van der Waals surface area contributed by atoms with Crippen LogP contribution in [0.2, 0.25) is 0 Å². The molecule has 0 aliphatic rings. The monoisotopic (exact) mass is 311 g/mol. The fourth-order valence-electron chi connectivity index (χ4n) is 2.31. The average molecular weight is 311 g/mol. The Morgan fingerprint density at radius 1 is 1.17 bits per heavy atom. The van der Waals surface area contributed by atoms with E-state index in [2.05, 4.69) is 4.98 Å². The van der Waals surface area contributed by atoms with Gasteiger partial charge in [-0.2, -0.15) is 0 Å². The zero-order valence-electron chi connectivity index (χ0n) is 12.5. The van der Waals surface area contributed by atoms with Gasteiger partial charge in [0.1, 0.15) is 5.69 Å². The molecule has 0 bridgehead atoms. The Kier molecular flexibility index (Phi) is 3.53. The molecule has 0 aliphatic carbocycles. The van der Waals surface area contributed by atoms with E-state index in [1.54, 1.807) is 31.1 Å². The van der Waals surface area contributed by atoms with Crippen LogP contribution in [0.3, 0.4) is 0 Å². The number of hydrogen-bond donors (Lipinski definition) is 0. The van der Waals surface area contributed by atoms with Crippen molar-refractivity contribution in [2.45, 2.75) is 0 Å². The van der Waals surface area contributed by atoms with Crippen LogP contribution >= 0.6 is 0 Å². The van der Waals surface area contributed by atoms with E-state index in [1.807, 2.05) is 18.2 Å². The van der Waals surface area contributed by atoms with Gasteiger partial charge in [0.15, 0.2) is 0 Å². The molecule has 0 fully saturated rings. The minimum Gasteiger partial charge on any atom is -0.403 e. The van der Waals surface area contributed by atoms with Gasteiger partial charge >= 0.3 is 5.63 Å². The highest BCUT2D eigenvalue weighted by molar-refractivity contribution is 5.87. The van der Waals surface area contributed by atoms with Gasteiger partial charge in [-0.15, -0.1) is 0 Å². The first-order valence-corrected chi connectivity index (χ1v) is 6.83. The molecular weight excluding hydrogens is 298 g/mol. The first-order valence-electron chi connectivity index (χ1n) is 6.83. The predicted octanol–water partition coefficient (Wildman–Crippen LogP) is 2.83. The second-order valence-corrected chi connectivity index (χ2v) is 5.18. The predicted molar refractivity (Wildman–Crippen MR) is 86.7 cm³/mol. The van der Waals surface area contributed by atoms with Gasteiger partial charge in [-0.05, 0) is 18.2 Å². The maximum atomic E-state index is 12.2. The SMILES string of the molecule is CN(C)c1cc2nc(-c3ccccc3)oc(=O)c2cc1[N+](=O)[O-]. The first kappa shape index (κ1) is 14.7. The van der Waals surface area contributed by atoms with E-state index in [0.29, 0.717) is 16.8 Å². The van der Waals surface area contributed by atoms with Gasteiger partial charge in [0.05, 0.1) is 15.8 Å². The molecule has 0 saturated heterocycles. The summed E-state index contributed by atoms with van der Waals surface area (Å²) in [5, 5.41) is 11.3. The van der Waals surface area contributed by atoms with Crippen LogP contribution in [0.4, 0.5) is 11.4 Å². The maximum absolute atomic E-state index is 12.2. The minimum atomic E-state index is -0.651. The Bertz CT molecular complexity index is 949. The van der Waals surface area contributed by atoms with E-state index in [0.717, 1.165) is 0 Å². The van der Waals surface area contributed by atoms with Gasteiger partial charge in [0.25, 0.3) is 5.69 Å². The average Bonchev–Trinajstić information content (AvgIpc) is 2.54. The van der Waals surface area contributed by atoms with E-state index in [9.17, 15) is 14.9 Å². The Hall–Kier alpha value is -3.22. The normalized spacial score (nSPS) is 10.7. The summed E-state index contributed by atoms with van der Waals surface area (Å²) in [5.41, 5.74) is 0.580. The zero-order valence-corrected chi connectivity index (χ0v) is 12.5. The summed E-state index contributed by atoms with van der Waals surface area (Å²) in [6, 6.07) is 11.7. The lowest BCUT2D eigenvalue weighted by molar-refractivity contribution is -0.384. The Morgan fingerprint density at radius 3 is 2.48 bits per heavy atom. The standard InChI is InChI=1S/C16H13N3O4/c1-18(2)13-9-12-11(8-14(13)19(21)22)16(20)23-15(17-12)10-6-4-3-5-7-10/h3-9H,1-2H3. The lowest BCUT2D eigenvalue weighted by Crippen LogP contribution is -2.12. The molecule has 2 aromatic carbocycles. The molecule has 116 valence electrons. The summed E-state index contributed by atoms with van der Waals surface area (Å²) in [6.07, 6.45) is 0. The van der Waals surface area contributed by atoms with Crippen molar-refractivity contribution in [1.82, 2.24) is 4.98 Å². The van der Waals surface area contributed by atoms with Crippen molar-refractivity contribution in [2.75, 3.05) is 19.0 Å². The first-order chi connectivity index (χ1) is 11.0. The van der Waals surface area contributed by atoms with Crippen molar-refractivity contribution in [2.24, 2.45) is 0 Å². The summed E-state index contributed by atoms with van der Waals surface area (Å²) < 4.78 is 5.21. The van der Waals surface area contributed by atoms with Gasteiger partial charge in [-0.1, -0.05) is 18.2 Å². The van der Waals surface area contributed by atoms with E-state index < -0.39 is 10.5 Å². The lowest BCUT2D eigenvalue weighted by Gasteiger charge is -2.13. The summed E-state index contributed by atoms with van der Waals surface area (Å²) >= 11 is 0. The quantitative estimate of drug-likeness (QED) is 0.546. The molecule has 3 aromatic rings. The highest BCUT2D eigenvalue weighted by Gasteiger charge is 2.20. The summed E-state index contributed by atoms with van der Waals surface area (Å²) in [4.78, 5) is 28.8. The Balaban J connectivity index is 2.31. The van der Waals surface area contributed by atoms with E-state index in [4.69, 9.17) is 4.42 Å². The number of anilines is 1. The number of hydrogen-bond acceptors (Lipinski definition) is 6. The molecule has 0 saturated carbocycles. The molecule has 0 N–H and O–H groups in total. The molecule has 3 rings (SSSR count). The molecule has 0 aliphatic heterocycles. The molecule has 0 unspecified atom stereocenters. The molecule has 1 aromatic heterocycles. The van der Waals surface area contributed by atoms with Gasteiger partial charge in [0.2, 0.25) is 5.89 Å². The van der Waals surface area contributed by atoms with Gasteiger partial charge in [-0.3, -0.25) is 10.1 Å². The molecule has 7 nitrogen and oxygen atoms in total. The summed E-state index contributed by atoms with van der Waals surface area (Å²) in [7, 11) is 3.38. The van der Waals surface area contributed by atoms with Crippen molar-refractivity contribution in [3.8, 4) is 11.5 Å². The number of fused-ring (bicyclic) bond motifs is 1. The van der Waals surface area contributed by atoms with Gasteiger partial charge < -0.3 is 9.32 Å². The molecule has 0 amide bonds. The van der Waals surface area contributed by atoms with Crippen LogP contribution in [-0.2, 0) is 0 Å². The molecular formula is C16H13N3O4. The van der Waals surface area contributed by atoms with Crippen molar-refractivity contribution < 1.29 is 9.34 Å². The maximum Gasteiger partial charge on any atom is 0.347 e. The zero-order chi connectivity index (χ0) is 16.6. The Morgan fingerprint density at radius 2 is 1.87 bits per heavy atom. The fourth-order valence-corrected chi connectivity index (χ4v) is 2.31. The van der Waals surface area contributed by atoms with Crippen molar-refractivity contribution in [3.63, 3.8) is 0 Å². The molecule has 7 heteroatoms. The fraction of sp³-hybridized carbons (Fsp3) is 0.125. The van der Waals surface area contributed by atoms with Crippen LogP contribution in [0.5, 0.6) is 0 Å². The highest BCUT2D eigenvalue weighted by Crippen LogP contribution is 2.31. The van der Waals surface area contributed by atoms with Crippen molar-refractivity contribution >= 4 is 22.3 Å². The van der Waals surface area contributed by atoms with Crippen molar-refractivity contribution in [3.05, 3.63) is 63.0 Å². The molecule has 1 heterocycles. The van der Waals surface area contributed by atoms with Crippen LogP contribution in [0.25, 0.3) is 22.4 Å². The van der Waals surface area contributed by atoms with E-state index >= 15 is 0 Å². The van der Waals surface area contributed by atoms with Crippen molar-refractivity contribution in [1.29, 1.82) is 0 Å².